The largest absolute Gasteiger partial charge is 0.342 e. The zero-order valence-corrected chi connectivity index (χ0v) is 13.6. The van der Waals surface area contributed by atoms with E-state index in [4.69, 9.17) is 0 Å². The second-order valence-electron chi connectivity index (χ2n) is 6.34. The van der Waals surface area contributed by atoms with Gasteiger partial charge >= 0.3 is 0 Å². The topological polar surface area (TPSA) is 52.7 Å². The molecule has 5 heteroatoms. The average molecular weight is 283 g/mol. The van der Waals surface area contributed by atoms with Gasteiger partial charge in [-0.1, -0.05) is 20.8 Å². The number of carbonyl (C=O) groups is 2. The minimum absolute atomic E-state index is 0.0116. The molecule has 0 radical (unpaired) electrons. The van der Waals surface area contributed by atoms with Crippen molar-refractivity contribution >= 4 is 11.8 Å². The number of hydrogen-bond donors (Lipinski definition) is 1. The lowest BCUT2D eigenvalue weighted by Crippen LogP contribution is -2.66. The summed E-state index contributed by atoms with van der Waals surface area (Å²) in [5.74, 6) is 0.174. The maximum Gasteiger partial charge on any atom is 0.246 e. The molecule has 1 aliphatic rings. The Morgan fingerprint density at radius 2 is 1.85 bits per heavy atom. The van der Waals surface area contributed by atoms with E-state index in [0.29, 0.717) is 6.42 Å². The van der Waals surface area contributed by atoms with E-state index in [9.17, 15) is 9.59 Å². The van der Waals surface area contributed by atoms with Crippen LogP contribution in [0.2, 0.25) is 0 Å². The third-order valence-electron chi connectivity index (χ3n) is 3.98. The van der Waals surface area contributed by atoms with Gasteiger partial charge in [-0.25, -0.2) is 0 Å². The Balaban J connectivity index is 2.90. The first-order valence-corrected chi connectivity index (χ1v) is 7.56. The Hall–Kier alpha value is -1.10. The molecule has 0 spiro atoms. The summed E-state index contributed by atoms with van der Waals surface area (Å²) in [7, 11) is 4.04. The van der Waals surface area contributed by atoms with Gasteiger partial charge in [0.05, 0.1) is 0 Å². The molecule has 0 bridgehead atoms. The molecule has 1 N–H and O–H groups in total. The monoisotopic (exact) mass is 283 g/mol. The number of nitrogens with zero attached hydrogens (tertiary/aromatic N) is 2. The Labute approximate surface area is 122 Å². The Bertz CT molecular complexity index is 355. The third kappa shape index (κ3) is 3.72. The highest BCUT2D eigenvalue weighted by molar-refractivity contribution is 5.97. The highest BCUT2D eigenvalue weighted by Crippen LogP contribution is 2.21. The number of rotatable bonds is 6. The number of carbonyl (C=O) groups excluding carboxylic acids is 2. The highest BCUT2D eigenvalue weighted by Gasteiger charge is 2.42. The summed E-state index contributed by atoms with van der Waals surface area (Å²) in [6.45, 7) is 8.85. The Morgan fingerprint density at radius 3 is 2.30 bits per heavy atom. The predicted molar refractivity (Wildman–Crippen MR) is 80.3 cm³/mol. The molecular formula is C15H29N3O2. The van der Waals surface area contributed by atoms with Crippen LogP contribution in [0.4, 0.5) is 0 Å². The number of hydrogen-bond acceptors (Lipinski definition) is 3. The molecule has 3 unspecified atom stereocenters. The van der Waals surface area contributed by atoms with E-state index < -0.39 is 0 Å². The molecule has 1 saturated heterocycles. The number of piperazine rings is 1. The number of nitrogens with one attached hydrogen (secondary N) is 1. The first-order chi connectivity index (χ1) is 9.29. The molecule has 1 fully saturated rings. The first-order valence-electron chi connectivity index (χ1n) is 7.56. The fraction of sp³-hybridized carbons (Fsp3) is 0.867. The van der Waals surface area contributed by atoms with Crippen molar-refractivity contribution in [3.05, 3.63) is 0 Å². The molecule has 0 aromatic rings. The van der Waals surface area contributed by atoms with Crippen molar-refractivity contribution in [2.45, 2.75) is 58.7 Å². The highest BCUT2D eigenvalue weighted by atomic mass is 16.2. The fourth-order valence-corrected chi connectivity index (χ4v) is 2.69. The standard InChI is InChI=1S/C15H29N3O2/c1-7-12-14(19)16-13(10(2)3)15(20)18(12)11(4)8-9-17(5)6/h10-13H,7-9H2,1-6H3,(H,16,19). The Kier molecular flexibility index (Phi) is 5.99. The van der Waals surface area contributed by atoms with E-state index in [2.05, 4.69) is 10.2 Å². The summed E-state index contributed by atoms with van der Waals surface area (Å²) < 4.78 is 0. The summed E-state index contributed by atoms with van der Waals surface area (Å²) in [5.41, 5.74) is 0. The van der Waals surface area contributed by atoms with Crippen LogP contribution < -0.4 is 5.32 Å². The predicted octanol–water partition coefficient (Wildman–Crippen LogP) is 1.09. The molecule has 0 aliphatic carbocycles. The van der Waals surface area contributed by atoms with Gasteiger partial charge in [-0.05, 0) is 46.3 Å². The fourth-order valence-electron chi connectivity index (χ4n) is 2.69. The van der Waals surface area contributed by atoms with E-state index in [-0.39, 0.29) is 35.9 Å². The SMILES string of the molecule is CCC1C(=O)NC(C(C)C)C(=O)N1C(C)CCN(C)C. The van der Waals surface area contributed by atoms with Crippen LogP contribution in [0, 0.1) is 5.92 Å². The number of amides is 2. The molecule has 5 nitrogen and oxygen atoms in total. The van der Waals surface area contributed by atoms with Crippen LogP contribution in [0.15, 0.2) is 0 Å². The van der Waals surface area contributed by atoms with Gasteiger partial charge in [0, 0.05) is 6.04 Å². The molecule has 3 atom stereocenters. The van der Waals surface area contributed by atoms with E-state index in [1.807, 2.05) is 46.7 Å². The molecule has 1 rings (SSSR count). The van der Waals surface area contributed by atoms with E-state index in [1.165, 1.54) is 0 Å². The molecule has 20 heavy (non-hydrogen) atoms. The van der Waals surface area contributed by atoms with Crippen molar-refractivity contribution in [3.63, 3.8) is 0 Å². The molecule has 0 aromatic heterocycles. The average Bonchev–Trinajstić information content (AvgIpc) is 2.37. The smallest absolute Gasteiger partial charge is 0.246 e. The molecule has 2 amide bonds. The second kappa shape index (κ2) is 7.07. The van der Waals surface area contributed by atoms with Gasteiger partial charge in [-0.3, -0.25) is 9.59 Å². The van der Waals surface area contributed by atoms with Gasteiger partial charge in [-0.2, -0.15) is 0 Å². The van der Waals surface area contributed by atoms with Crippen molar-refractivity contribution in [2.24, 2.45) is 5.92 Å². The van der Waals surface area contributed by atoms with E-state index >= 15 is 0 Å². The van der Waals surface area contributed by atoms with Crippen LogP contribution >= 0.6 is 0 Å². The summed E-state index contributed by atoms with van der Waals surface area (Å²) in [5, 5.41) is 2.88. The van der Waals surface area contributed by atoms with Crippen molar-refractivity contribution in [3.8, 4) is 0 Å². The van der Waals surface area contributed by atoms with Crippen LogP contribution in [-0.2, 0) is 9.59 Å². The second-order valence-corrected chi connectivity index (χ2v) is 6.34. The van der Waals surface area contributed by atoms with E-state index in [1.54, 1.807) is 0 Å². The zero-order chi connectivity index (χ0) is 15.4. The quantitative estimate of drug-likeness (QED) is 0.794. The lowest BCUT2D eigenvalue weighted by Gasteiger charge is -2.43. The van der Waals surface area contributed by atoms with Gasteiger partial charge in [0.1, 0.15) is 12.1 Å². The van der Waals surface area contributed by atoms with Gasteiger partial charge in [0.2, 0.25) is 11.8 Å². The molecule has 1 aliphatic heterocycles. The molecule has 116 valence electrons. The summed E-state index contributed by atoms with van der Waals surface area (Å²) in [6.07, 6.45) is 1.54. The Morgan fingerprint density at radius 1 is 1.25 bits per heavy atom. The first kappa shape index (κ1) is 17.0. The normalized spacial score (nSPS) is 25.3. The van der Waals surface area contributed by atoms with Crippen molar-refractivity contribution in [1.82, 2.24) is 15.1 Å². The van der Waals surface area contributed by atoms with Crippen LogP contribution in [0.1, 0.15) is 40.5 Å². The van der Waals surface area contributed by atoms with Crippen molar-refractivity contribution in [1.29, 1.82) is 0 Å². The van der Waals surface area contributed by atoms with Crippen LogP contribution in [-0.4, -0.2) is 60.4 Å². The van der Waals surface area contributed by atoms with E-state index in [0.717, 1.165) is 13.0 Å². The molecule has 0 saturated carbocycles. The van der Waals surface area contributed by atoms with Crippen LogP contribution in [0.3, 0.4) is 0 Å². The van der Waals surface area contributed by atoms with Gasteiger partial charge in [0.15, 0.2) is 0 Å². The molecule has 0 aromatic carbocycles. The van der Waals surface area contributed by atoms with Gasteiger partial charge in [-0.15, -0.1) is 0 Å². The zero-order valence-electron chi connectivity index (χ0n) is 13.6. The lowest BCUT2D eigenvalue weighted by molar-refractivity contribution is -0.153. The van der Waals surface area contributed by atoms with Crippen molar-refractivity contribution < 1.29 is 9.59 Å². The van der Waals surface area contributed by atoms with Crippen LogP contribution in [0.25, 0.3) is 0 Å². The van der Waals surface area contributed by atoms with Gasteiger partial charge < -0.3 is 15.1 Å². The third-order valence-corrected chi connectivity index (χ3v) is 3.98. The maximum atomic E-state index is 12.7. The minimum Gasteiger partial charge on any atom is -0.342 e. The summed E-state index contributed by atoms with van der Waals surface area (Å²) in [6, 6.07) is -0.621. The van der Waals surface area contributed by atoms with Gasteiger partial charge in [0.25, 0.3) is 0 Å². The van der Waals surface area contributed by atoms with Crippen molar-refractivity contribution in [2.75, 3.05) is 20.6 Å². The summed E-state index contributed by atoms with van der Waals surface area (Å²) >= 11 is 0. The molecule has 1 heterocycles. The molecular weight excluding hydrogens is 254 g/mol. The maximum absolute atomic E-state index is 12.7. The summed E-state index contributed by atoms with van der Waals surface area (Å²) in [4.78, 5) is 28.8. The minimum atomic E-state index is -0.382. The lowest BCUT2D eigenvalue weighted by atomic mass is 9.95. The van der Waals surface area contributed by atoms with Crippen LogP contribution in [0.5, 0.6) is 0 Å².